The van der Waals surface area contributed by atoms with Crippen molar-refractivity contribution in [3.05, 3.63) is 22.4 Å². The number of rotatable bonds is 6. The normalized spacial score (nSPS) is 16.0. The number of nitrogens with zero attached hydrogens (tertiary/aromatic N) is 1. The molecule has 116 valence electrons. The van der Waals surface area contributed by atoms with Crippen LogP contribution in [0.1, 0.15) is 17.7 Å². The number of hydrogen-bond acceptors (Lipinski definition) is 4. The first-order valence-corrected chi connectivity index (χ1v) is 8.15. The van der Waals surface area contributed by atoms with Crippen molar-refractivity contribution in [3.63, 3.8) is 0 Å². The molecule has 1 aliphatic rings. The van der Waals surface area contributed by atoms with E-state index in [1.807, 2.05) is 22.4 Å². The molecule has 0 atom stereocenters. The molecule has 0 aliphatic carbocycles. The van der Waals surface area contributed by atoms with Gasteiger partial charge < -0.3 is 15.0 Å². The van der Waals surface area contributed by atoms with Gasteiger partial charge in [0, 0.05) is 37.5 Å². The summed E-state index contributed by atoms with van der Waals surface area (Å²) in [5, 5.41) is 4.85. The molecule has 0 radical (unpaired) electrons. The standard InChI is InChI=1S/C15H22N2O3S/c1-20-9-6-16-15(19)12-4-7-17(8-5-12)14(18)11-13-3-2-10-21-13/h2-3,10,12H,4-9,11H2,1H3,(H,16,19). The Bertz CT molecular complexity index is 453. The first-order chi connectivity index (χ1) is 10.2. The number of amides is 2. The largest absolute Gasteiger partial charge is 0.383 e. The van der Waals surface area contributed by atoms with Gasteiger partial charge in [0.15, 0.2) is 0 Å². The SMILES string of the molecule is COCCNC(=O)C1CCN(C(=O)Cc2cccs2)CC1. The fourth-order valence-corrected chi connectivity index (χ4v) is 3.18. The zero-order chi connectivity index (χ0) is 15.1. The molecule has 1 aromatic rings. The summed E-state index contributed by atoms with van der Waals surface area (Å²) >= 11 is 1.61. The van der Waals surface area contributed by atoms with Crippen molar-refractivity contribution in [2.24, 2.45) is 5.92 Å². The monoisotopic (exact) mass is 310 g/mol. The lowest BCUT2D eigenvalue weighted by molar-refractivity contribution is -0.135. The van der Waals surface area contributed by atoms with E-state index in [-0.39, 0.29) is 17.7 Å². The minimum atomic E-state index is 0.0210. The lowest BCUT2D eigenvalue weighted by Crippen LogP contribution is -2.43. The van der Waals surface area contributed by atoms with Gasteiger partial charge in [-0.25, -0.2) is 0 Å². The van der Waals surface area contributed by atoms with Crippen LogP contribution in [0.4, 0.5) is 0 Å². The predicted molar refractivity (Wildman–Crippen MR) is 82.2 cm³/mol. The molecule has 1 N–H and O–H groups in total. The van der Waals surface area contributed by atoms with Gasteiger partial charge in [-0.05, 0) is 24.3 Å². The number of hydrogen-bond donors (Lipinski definition) is 1. The number of ether oxygens (including phenoxy) is 1. The summed E-state index contributed by atoms with van der Waals surface area (Å²) in [5.41, 5.74) is 0. The molecule has 1 fully saturated rings. The fourth-order valence-electron chi connectivity index (χ4n) is 2.49. The number of likely N-dealkylation sites (tertiary alicyclic amines) is 1. The third kappa shape index (κ3) is 4.82. The molecule has 0 aromatic carbocycles. The summed E-state index contributed by atoms with van der Waals surface area (Å²) in [4.78, 5) is 27.1. The molecule has 0 saturated carbocycles. The molecular formula is C15H22N2O3S. The highest BCUT2D eigenvalue weighted by atomic mass is 32.1. The van der Waals surface area contributed by atoms with Crippen LogP contribution >= 0.6 is 11.3 Å². The van der Waals surface area contributed by atoms with Crippen LogP contribution in [0.5, 0.6) is 0 Å². The number of carbonyl (C=O) groups is 2. The van der Waals surface area contributed by atoms with E-state index in [4.69, 9.17) is 4.74 Å². The van der Waals surface area contributed by atoms with Crippen LogP contribution in [0.25, 0.3) is 0 Å². The molecule has 2 heterocycles. The molecule has 0 spiro atoms. The van der Waals surface area contributed by atoms with Crippen LogP contribution in [-0.2, 0) is 20.7 Å². The van der Waals surface area contributed by atoms with Crippen LogP contribution in [0.3, 0.4) is 0 Å². The zero-order valence-corrected chi connectivity index (χ0v) is 13.2. The van der Waals surface area contributed by atoms with E-state index >= 15 is 0 Å². The van der Waals surface area contributed by atoms with Gasteiger partial charge in [0.05, 0.1) is 13.0 Å². The Balaban J connectivity index is 1.72. The van der Waals surface area contributed by atoms with E-state index < -0.39 is 0 Å². The Morgan fingerprint density at radius 1 is 1.43 bits per heavy atom. The first-order valence-electron chi connectivity index (χ1n) is 7.27. The van der Waals surface area contributed by atoms with Gasteiger partial charge in [-0.15, -0.1) is 11.3 Å². The number of nitrogens with one attached hydrogen (secondary N) is 1. The Labute approximate surface area is 129 Å². The van der Waals surface area contributed by atoms with Crippen LogP contribution in [0, 0.1) is 5.92 Å². The van der Waals surface area contributed by atoms with Gasteiger partial charge in [0.1, 0.15) is 0 Å². The van der Waals surface area contributed by atoms with E-state index in [1.165, 1.54) is 0 Å². The molecule has 0 unspecified atom stereocenters. The maximum atomic E-state index is 12.2. The smallest absolute Gasteiger partial charge is 0.227 e. The van der Waals surface area contributed by atoms with Gasteiger partial charge >= 0.3 is 0 Å². The number of piperidine rings is 1. The molecule has 1 aliphatic heterocycles. The third-order valence-corrected chi connectivity index (χ3v) is 4.61. The quantitative estimate of drug-likeness (QED) is 0.806. The van der Waals surface area contributed by atoms with Crippen molar-refractivity contribution in [3.8, 4) is 0 Å². The summed E-state index contributed by atoms with van der Waals surface area (Å²) in [6.45, 7) is 2.43. The fraction of sp³-hybridized carbons (Fsp3) is 0.600. The van der Waals surface area contributed by atoms with Crippen molar-refractivity contribution in [1.82, 2.24) is 10.2 Å². The highest BCUT2D eigenvalue weighted by molar-refractivity contribution is 7.10. The second kappa shape index (κ2) is 8.14. The maximum absolute atomic E-state index is 12.2. The Hall–Kier alpha value is -1.40. The molecule has 0 bridgehead atoms. The predicted octanol–water partition coefficient (Wildman–Crippen LogP) is 1.29. The lowest BCUT2D eigenvalue weighted by atomic mass is 9.95. The highest BCUT2D eigenvalue weighted by Gasteiger charge is 2.27. The van der Waals surface area contributed by atoms with E-state index in [9.17, 15) is 9.59 Å². The molecule has 5 nitrogen and oxygen atoms in total. The Kier molecular flexibility index (Phi) is 6.20. The van der Waals surface area contributed by atoms with Gasteiger partial charge in [-0.3, -0.25) is 9.59 Å². The summed E-state index contributed by atoms with van der Waals surface area (Å²) in [6, 6.07) is 3.95. The average Bonchev–Trinajstić information content (AvgIpc) is 3.00. The molecule has 1 aromatic heterocycles. The average molecular weight is 310 g/mol. The highest BCUT2D eigenvalue weighted by Crippen LogP contribution is 2.19. The number of thiophene rings is 1. The van der Waals surface area contributed by atoms with Crippen LogP contribution in [0.15, 0.2) is 17.5 Å². The van der Waals surface area contributed by atoms with Crippen LogP contribution in [0.2, 0.25) is 0 Å². The minimum Gasteiger partial charge on any atom is -0.383 e. The van der Waals surface area contributed by atoms with Gasteiger partial charge in [-0.2, -0.15) is 0 Å². The summed E-state index contributed by atoms with van der Waals surface area (Å²) in [6.07, 6.45) is 1.96. The van der Waals surface area contributed by atoms with E-state index in [1.54, 1.807) is 18.4 Å². The van der Waals surface area contributed by atoms with Crippen molar-refractivity contribution in [2.45, 2.75) is 19.3 Å². The molecular weight excluding hydrogens is 288 g/mol. The van der Waals surface area contributed by atoms with E-state index in [0.29, 0.717) is 32.7 Å². The van der Waals surface area contributed by atoms with Crippen molar-refractivity contribution in [1.29, 1.82) is 0 Å². The van der Waals surface area contributed by atoms with Gasteiger partial charge in [0.2, 0.25) is 11.8 Å². The first kappa shape index (κ1) is 16.0. The third-order valence-electron chi connectivity index (χ3n) is 3.73. The van der Waals surface area contributed by atoms with Crippen molar-refractivity contribution in [2.75, 3.05) is 33.4 Å². The van der Waals surface area contributed by atoms with Crippen LogP contribution < -0.4 is 5.32 Å². The molecule has 21 heavy (non-hydrogen) atoms. The van der Waals surface area contributed by atoms with Gasteiger partial charge in [0.25, 0.3) is 0 Å². The molecule has 2 amide bonds. The summed E-state index contributed by atoms with van der Waals surface area (Å²) < 4.78 is 4.91. The summed E-state index contributed by atoms with van der Waals surface area (Å²) in [7, 11) is 1.61. The number of carbonyl (C=O) groups excluding carboxylic acids is 2. The zero-order valence-electron chi connectivity index (χ0n) is 12.3. The minimum absolute atomic E-state index is 0.0210. The van der Waals surface area contributed by atoms with Crippen molar-refractivity contribution < 1.29 is 14.3 Å². The lowest BCUT2D eigenvalue weighted by Gasteiger charge is -2.31. The molecule has 1 saturated heterocycles. The Morgan fingerprint density at radius 2 is 2.19 bits per heavy atom. The maximum Gasteiger partial charge on any atom is 0.227 e. The topological polar surface area (TPSA) is 58.6 Å². The van der Waals surface area contributed by atoms with E-state index in [2.05, 4.69) is 5.32 Å². The summed E-state index contributed by atoms with van der Waals surface area (Å²) in [5.74, 6) is 0.265. The Morgan fingerprint density at radius 3 is 2.81 bits per heavy atom. The molecule has 6 heteroatoms. The van der Waals surface area contributed by atoms with E-state index in [0.717, 1.165) is 17.7 Å². The van der Waals surface area contributed by atoms with Crippen LogP contribution in [-0.4, -0.2) is 50.1 Å². The second-order valence-corrected chi connectivity index (χ2v) is 6.23. The molecule has 2 rings (SSSR count). The second-order valence-electron chi connectivity index (χ2n) is 5.20. The van der Waals surface area contributed by atoms with Gasteiger partial charge in [-0.1, -0.05) is 6.07 Å². The number of methoxy groups -OCH3 is 1. The van der Waals surface area contributed by atoms with Crippen molar-refractivity contribution >= 4 is 23.2 Å².